The molecule has 5 heteroatoms. The van der Waals surface area contributed by atoms with Crippen LogP contribution in [0.2, 0.25) is 0 Å². The van der Waals surface area contributed by atoms with Crippen molar-refractivity contribution in [1.29, 1.82) is 0 Å². The number of nitrogens with zero attached hydrogens (tertiary/aromatic N) is 1. The second kappa shape index (κ2) is 6.48. The summed E-state index contributed by atoms with van der Waals surface area (Å²) >= 11 is 7.01. The van der Waals surface area contributed by atoms with E-state index in [0.717, 1.165) is 30.4 Å². The van der Waals surface area contributed by atoms with Crippen LogP contribution < -0.4 is 10.6 Å². The van der Waals surface area contributed by atoms with Gasteiger partial charge in [0.05, 0.1) is 5.69 Å². The smallest absolute Gasteiger partial charge is 0.189 e. The Bertz CT molecular complexity index is 414. The third-order valence-electron chi connectivity index (χ3n) is 3.22. The molecule has 3 nitrogen and oxygen atoms in total. The first-order valence-corrected chi connectivity index (χ1v) is 7.95. The second-order valence-corrected chi connectivity index (χ2v) is 6.46. The number of hydrogen-bond donors (Lipinski definition) is 2. The largest absolute Gasteiger partial charge is 0.362 e. The Morgan fingerprint density at radius 3 is 3.17 bits per heavy atom. The third-order valence-corrected chi connectivity index (χ3v) is 4.50. The maximum atomic E-state index is 5.26. The van der Waals surface area contributed by atoms with E-state index in [1.165, 1.54) is 29.8 Å². The molecule has 0 saturated heterocycles. The molecule has 1 aliphatic carbocycles. The predicted molar refractivity (Wildman–Crippen MR) is 82.4 cm³/mol. The molecule has 1 aromatic rings. The van der Waals surface area contributed by atoms with E-state index < -0.39 is 0 Å². The zero-order valence-electron chi connectivity index (χ0n) is 11.1. The van der Waals surface area contributed by atoms with Gasteiger partial charge in [-0.15, -0.1) is 11.3 Å². The van der Waals surface area contributed by atoms with Crippen molar-refractivity contribution in [3.05, 3.63) is 10.6 Å². The van der Waals surface area contributed by atoms with Crippen molar-refractivity contribution in [3.8, 4) is 0 Å². The number of nitrogens with one attached hydrogen (secondary N) is 2. The fraction of sp³-hybridized carbons (Fsp3) is 0.692. The van der Waals surface area contributed by atoms with Crippen LogP contribution in [0.25, 0.3) is 0 Å². The SMILES string of the molecule is CCCCNC(=S)Nc1nc2c(s1)CC(C)CC2. The molecule has 0 aromatic carbocycles. The van der Waals surface area contributed by atoms with Crippen molar-refractivity contribution in [2.75, 3.05) is 11.9 Å². The molecule has 0 aliphatic heterocycles. The van der Waals surface area contributed by atoms with E-state index in [0.29, 0.717) is 5.11 Å². The molecule has 2 rings (SSSR count). The summed E-state index contributed by atoms with van der Waals surface area (Å²) in [5.41, 5.74) is 1.27. The second-order valence-electron chi connectivity index (χ2n) is 4.97. The van der Waals surface area contributed by atoms with E-state index in [1.54, 1.807) is 11.3 Å². The van der Waals surface area contributed by atoms with Crippen LogP contribution in [0.5, 0.6) is 0 Å². The minimum atomic E-state index is 0.697. The standard InChI is InChI=1S/C13H21N3S2/c1-3-4-7-14-12(17)16-13-15-10-6-5-9(2)8-11(10)18-13/h9H,3-8H2,1-2H3,(H2,14,15,16,17). The van der Waals surface area contributed by atoms with Crippen LogP contribution >= 0.6 is 23.6 Å². The van der Waals surface area contributed by atoms with Crippen molar-refractivity contribution in [1.82, 2.24) is 10.3 Å². The van der Waals surface area contributed by atoms with E-state index in [1.807, 2.05) is 0 Å². The molecule has 100 valence electrons. The van der Waals surface area contributed by atoms with Crippen molar-refractivity contribution in [2.24, 2.45) is 5.92 Å². The molecule has 0 saturated carbocycles. The normalized spacial score (nSPS) is 18.2. The average molecular weight is 283 g/mol. The van der Waals surface area contributed by atoms with Gasteiger partial charge in [-0.1, -0.05) is 20.3 Å². The maximum absolute atomic E-state index is 5.26. The molecule has 1 aliphatic rings. The van der Waals surface area contributed by atoms with E-state index >= 15 is 0 Å². The summed E-state index contributed by atoms with van der Waals surface area (Å²) in [6, 6.07) is 0. The van der Waals surface area contributed by atoms with Crippen LogP contribution in [0.4, 0.5) is 5.13 Å². The van der Waals surface area contributed by atoms with E-state index in [4.69, 9.17) is 12.2 Å². The van der Waals surface area contributed by atoms with E-state index in [-0.39, 0.29) is 0 Å². The first-order chi connectivity index (χ1) is 8.69. The van der Waals surface area contributed by atoms with Gasteiger partial charge in [0.15, 0.2) is 10.2 Å². The van der Waals surface area contributed by atoms with Crippen molar-refractivity contribution >= 4 is 33.8 Å². The molecule has 1 unspecified atom stereocenters. The molecule has 1 atom stereocenters. The summed E-state index contributed by atoms with van der Waals surface area (Å²) in [6.07, 6.45) is 5.87. The highest BCUT2D eigenvalue weighted by Gasteiger charge is 2.19. The Morgan fingerprint density at radius 2 is 2.39 bits per heavy atom. The van der Waals surface area contributed by atoms with Crippen molar-refractivity contribution < 1.29 is 0 Å². The van der Waals surface area contributed by atoms with E-state index in [9.17, 15) is 0 Å². The van der Waals surface area contributed by atoms with Crippen LogP contribution in [-0.4, -0.2) is 16.6 Å². The lowest BCUT2D eigenvalue weighted by Gasteiger charge is -2.15. The Morgan fingerprint density at radius 1 is 1.56 bits per heavy atom. The Kier molecular flexibility index (Phi) is 4.95. The van der Waals surface area contributed by atoms with Gasteiger partial charge >= 0.3 is 0 Å². The maximum Gasteiger partial charge on any atom is 0.189 e. The van der Waals surface area contributed by atoms with Gasteiger partial charge in [0.2, 0.25) is 0 Å². The van der Waals surface area contributed by atoms with Crippen molar-refractivity contribution in [3.63, 3.8) is 0 Å². The van der Waals surface area contributed by atoms with Crippen LogP contribution in [0.15, 0.2) is 0 Å². The molecule has 1 aromatic heterocycles. The zero-order chi connectivity index (χ0) is 13.0. The van der Waals surface area contributed by atoms with Crippen molar-refractivity contribution in [2.45, 2.75) is 46.0 Å². The molecule has 0 amide bonds. The number of thiazole rings is 1. The first-order valence-electron chi connectivity index (χ1n) is 6.72. The monoisotopic (exact) mass is 283 g/mol. The summed E-state index contributed by atoms with van der Waals surface area (Å²) < 4.78 is 0. The number of unbranched alkanes of at least 4 members (excludes halogenated alkanes) is 1. The lowest BCUT2D eigenvalue weighted by molar-refractivity contribution is 0.502. The van der Waals surface area contributed by atoms with Crippen LogP contribution in [0.3, 0.4) is 0 Å². The third kappa shape index (κ3) is 3.65. The van der Waals surface area contributed by atoms with Crippen LogP contribution in [0.1, 0.15) is 43.7 Å². The lowest BCUT2D eigenvalue weighted by Crippen LogP contribution is -2.29. The lowest BCUT2D eigenvalue weighted by atomic mass is 9.93. The number of anilines is 1. The molecule has 0 radical (unpaired) electrons. The highest BCUT2D eigenvalue weighted by atomic mass is 32.1. The molecule has 0 fully saturated rings. The van der Waals surface area contributed by atoms with Gasteiger partial charge in [0.1, 0.15) is 0 Å². The minimum Gasteiger partial charge on any atom is -0.362 e. The number of fused-ring (bicyclic) bond motifs is 1. The molecule has 1 heterocycles. The van der Waals surface area contributed by atoms with Gasteiger partial charge in [-0.3, -0.25) is 0 Å². The molecular weight excluding hydrogens is 262 g/mol. The fourth-order valence-electron chi connectivity index (χ4n) is 2.11. The van der Waals surface area contributed by atoms with Gasteiger partial charge in [-0.2, -0.15) is 0 Å². The van der Waals surface area contributed by atoms with Gasteiger partial charge in [-0.25, -0.2) is 4.98 Å². The average Bonchev–Trinajstić information content (AvgIpc) is 2.70. The number of rotatable bonds is 4. The Hall–Kier alpha value is -0.680. The summed E-state index contributed by atoms with van der Waals surface area (Å²) in [6.45, 7) is 5.42. The molecule has 0 bridgehead atoms. The molecule has 2 N–H and O–H groups in total. The molecule has 18 heavy (non-hydrogen) atoms. The predicted octanol–water partition coefficient (Wildman–Crippen LogP) is 3.35. The highest BCUT2D eigenvalue weighted by molar-refractivity contribution is 7.80. The molecular formula is C13H21N3S2. The Balaban J connectivity index is 1.88. The topological polar surface area (TPSA) is 37.0 Å². The number of hydrogen-bond acceptors (Lipinski definition) is 3. The molecule has 0 spiro atoms. The van der Waals surface area contributed by atoms with Gasteiger partial charge in [0.25, 0.3) is 0 Å². The number of thiocarbonyl (C=S) groups is 1. The van der Waals surface area contributed by atoms with Crippen LogP contribution in [0, 0.1) is 5.92 Å². The summed E-state index contributed by atoms with van der Waals surface area (Å²) in [4.78, 5) is 6.07. The quantitative estimate of drug-likeness (QED) is 0.656. The van der Waals surface area contributed by atoms with Gasteiger partial charge in [0, 0.05) is 11.4 Å². The first kappa shape index (κ1) is 13.7. The summed E-state index contributed by atoms with van der Waals surface area (Å²) in [5, 5.41) is 8.05. The summed E-state index contributed by atoms with van der Waals surface area (Å²) in [5.74, 6) is 0.792. The highest BCUT2D eigenvalue weighted by Crippen LogP contribution is 2.31. The minimum absolute atomic E-state index is 0.697. The number of aryl methyl sites for hydroxylation is 1. The number of aromatic nitrogens is 1. The van der Waals surface area contributed by atoms with Gasteiger partial charge in [-0.05, 0) is 43.8 Å². The van der Waals surface area contributed by atoms with Crippen LogP contribution in [-0.2, 0) is 12.8 Å². The van der Waals surface area contributed by atoms with E-state index in [2.05, 4.69) is 29.5 Å². The summed E-state index contributed by atoms with van der Waals surface area (Å²) in [7, 11) is 0. The van der Waals surface area contributed by atoms with Gasteiger partial charge < -0.3 is 10.6 Å². The Labute approximate surface area is 118 Å². The zero-order valence-corrected chi connectivity index (χ0v) is 12.7. The fourth-order valence-corrected chi connectivity index (χ4v) is 3.55.